The van der Waals surface area contributed by atoms with Crippen LogP contribution in [0.3, 0.4) is 0 Å². The summed E-state index contributed by atoms with van der Waals surface area (Å²) in [5.41, 5.74) is 0. The monoisotopic (exact) mass is 267 g/mol. The number of rotatable bonds is 8. The molecule has 0 radical (unpaired) electrons. The summed E-state index contributed by atoms with van der Waals surface area (Å²) in [6.07, 6.45) is 9.34. The van der Waals surface area contributed by atoms with Gasteiger partial charge in [-0.2, -0.15) is 0 Å². The third kappa shape index (κ3) is 4.21. The SMILES string of the molecule is COCC(C)n1ccnc1NCCOC1CCCC1. The highest BCUT2D eigenvalue weighted by atomic mass is 16.5. The second-order valence-corrected chi connectivity index (χ2v) is 5.17. The van der Waals surface area contributed by atoms with E-state index in [1.165, 1.54) is 25.7 Å². The predicted molar refractivity (Wildman–Crippen MR) is 75.5 cm³/mol. The number of nitrogens with one attached hydrogen (secondary N) is 1. The van der Waals surface area contributed by atoms with E-state index in [1.54, 1.807) is 7.11 Å². The Kier molecular flexibility index (Phi) is 5.66. The Hall–Kier alpha value is -1.07. The van der Waals surface area contributed by atoms with Crippen molar-refractivity contribution < 1.29 is 9.47 Å². The zero-order valence-corrected chi connectivity index (χ0v) is 12.0. The first-order valence-electron chi connectivity index (χ1n) is 7.18. The molecule has 0 aliphatic heterocycles. The minimum absolute atomic E-state index is 0.283. The Morgan fingerprint density at radius 2 is 2.26 bits per heavy atom. The van der Waals surface area contributed by atoms with E-state index in [0.29, 0.717) is 12.7 Å². The zero-order valence-electron chi connectivity index (χ0n) is 12.0. The zero-order chi connectivity index (χ0) is 13.5. The third-order valence-electron chi connectivity index (χ3n) is 3.59. The number of imidazole rings is 1. The second-order valence-electron chi connectivity index (χ2n) is 5.17. The first-order chi connectivity index (χ1) is 9.31. The second kappa shape index (κ2) is 7.50. The maximum atomic E-state index is 5.82. The molecule has 1 aromatic heterocycles. The van der Waals surface area contributed by atoms with Crippen LogP contribution in [0.1, 0.15) is 38.6 Å². The molecule has 1 heterocycles. The fourth-order valence-electron chi connectivity index (χ4n) is 2.57. The number of methoxy groups -OCH3 is 1. The molecule has 0 spiro atoms. The van der Waals surface area contributed by atoms with Crippen molar-refractivity contribution in [3.63, 3.8) is 0 Å². The molecule has 0 bridgehead atoms. The summed E-state index contributed by atoms with van der Waals surface area (Å²) in [6, 6.07) is 0.283. The lowest BCUT2D eigenvalue weighted by Crippen LogP contribution is -2.19. The Bertz CT molecular complexity index is 361. The van der Waals surface area contributed by atoms with Crippen LogP contribution in [0, 0.1) is 0 Å². The molecule has 1 atom stereocenters. The van der Waals surface area contributed by atoms with E-state index in [4.69, 9.17) is 9.47 Å². The molecule has 1 aromatic rings. The van der Waals surface area contributed by atoms with Crippen LogP contribution >= 0.6 is 0 Å². The predicted octanol–water partition coefficient (Wildman–Crippen LogP) is 2.46. The van der Waals surface area contributed by atoms with Crippen molar-refractivity contribution in [3.05, 3.63) is 12.4 Å². The molecule has 0 aromatic carbocycles. The molecule has 5 nitrogen and oxygen atoms in total. The number of hydrogen-bond acceptors (Lipinski definition) is 4. The Morgan fingerprint density at radius 1 is 1.47 bits per heavy atom. The normalized spacial score (nSPS) is 17.8. The molecular weight excluding hydrogens is 242 g/mol. The molecule has 19 heavy (non-hydrogen) atoms. The van der Waals surface area contributed by atoms with Crippen LogP contribution in [0.4, 0.5) is 5.95 Å². The largest absolute Gasteiger partial charge is 0.383 e. The van der Waals surface area contributed by atoms with E-state index in [2.05, 4.69) is 21.8 Å². The summed E-state index contributed by atoms with van der Waals surface area (Å²) in [7, 11) is 1.72. The molecule has 1 saturated carbocycles. The van der Waals surface area contributed by atoms with Crippen LogP contribution in [0.5, 0.6) is 0 Å². The smallest absolute Gasteiger partial charge is 0.203 e. The number of aromatic nitrogens is 2. The van der Waals surface area contributed by atoms with Crippen molar-refractivity contribution in [2.24, 2.45) is 0 Å². The first-order valence-corrected chi connectivity index (χ1v) is 7.18. The van der Waals surface area contributed by atoms with Crippen molar-refractivity contribution >= 4 is 5.95 Å². The van der Waals surface area contributed by atoms with Crippen LogP contribution in [0.25, 0.3) is 0 Å². The fourth-order valence-corrected chi connectivity index (χ4v) is 2.57. The molecule has 5 heteroatoms. The highest BCUT2D eigenvalue weighted by molar-refractivity contribution is 5.26. The lowest BCUT2D eigenvalue weighted by molar-refractivity contribution is 0.0657. The van der Waals surface area contributed by atoms with Gasteiger partial charge in [0.2, 0.25) is 5.95 Å². The summed E-state index contributed by atoms with van der Waals surface area (Å²) in [4.78, 5) is 4.33. The van der Waals surface area contributed by atoms with Crippen molar-refractivity contribution in [1.29, 1.82) is 0 Å². The minimum atomic E-state index is 0.283. The summed E-state index contributed by atoms with van der Waals surface area (Å²) < 4.78 is 13.1. The van der Waals surface area contributed by atoms with Gasteiger partial charge in [-0.05, 0) is 19.8 Å². The molecule has 1 unspecified atom stereocenters. The summed E-state index contributed by atoms with van der Waals surface area (Å²) in [5.74, 6) is 0.888. The lowest BCUT2D eigenvalue weighted by atomic mass is 10.3. The molecule has 1 aliphatic carbocycles. The van der Waals surface area contributed by atoms with Gasteiger partial charge < -0.3 is 19.4 Å². The van der Waals surface area contributed by atoms with Gasteiger partial charge in [0, 0.05) is 26.0 Å². The average molecular weight is 267 g/mol. The van der Waals surface area contributed by atoms with Crippen LogP contribution in [0.15, 0.2) is 12.4 Å². The van der Waals surface area contributed by atoms with E-state index < -0.39 is 0 Å². The molecule has 1 aliphatic rings. The minimum Gasteiger partial charge on any atom is -0.383 e. The van der Waals surface area contributed by atoms with Gasteiger partial charge in [0.05, 0.1) is 25.4 Å². The van der Waals surface area contributed by atoms with Gasteiger partial charge in [-0.15, -0.1) is 0 Å². The molecule has 0 saturated heterocycles. The van der Waals surface area contributed by atoms with Crippen LogP contribution < -0.4 is 5.32 Å². The van der Waals surface area contributed by atoms with E-state index >= 15 is 0 Å². The molecule has 108 valence electrons. The number of hydrogen-bond donors (Lipinski definition) is 1. The van der Waals surface area contributed by atoms with Crippen LogP contribution in [-0.2, 0) is 9.47 Å². The molecule has 1 N–H and O–H groups in total. The summed E-state index contributed by atoms with van der Waals surface area (Å²) >= 11 is 0. The lowest BCUT2D eigenvalue weighted by Gasteiger charge is -2.17. The molecule has 0 amide bonds. The average Bonchev–Trinajstić information content (AvgIpc) is 3.06. The highest BCUT2D eigenvalue weighted by Gasteiger charge is 2.15. The van der Waals surface area contributed by atoms with Crippen molar-refractivity contribution in [1.82, 2.24) is 9.55 Å². The fraction of sp³-hybridized carbons (Fsp3) is 0.786. The Labute approximate surface area is 115 Å². The van der Waals surface area contributed by atoms with Crippen molar-refractivity contribution in [2.75, 3.05) is 32.2 Å². The van der Waals surface area contributed by atoms with Gasteiger partial charge in [-0.1, -0.05) is 12.8 Å². The number of anilines is 1. The summed E-state index contributed by atoms with van der Waals surface area (Å²) in [5, 5.41) is 3.33. The third-order valence-corrected chi connectivity index (χ3v) is 3.59. The van der Waals surface area contributed by atoms with Gasteiger partial charge in [0.1, 0.15) is 0 Å². The van der Waals surface area contributed by atoms with E-state index in [-0.39, 0.29) is 6.04 Å². The molecule has 1 fully saturated rings. The first kappa shape index (κ1) is 14.3. The van der Waals surface area contributed by atoms with Crippen molar-refractivity contribution in [3.8, 4) is 0 Å². The van der Waals surface area contributed by atoms with Crippen LogP contribution in [-0.4, -0.2) is 42.5 Å². The number of ether oxygens (including phenoxy) is 2. The van der Waals surface area contributed by atoms with Gasteiger partial charge in [-0.3, -0.25) is 0 Å². The Morgan fingerprint density at radius 3 is 3.00 bits per heavy atom. The van der Waals surface area contributed by atoms with Crippen LogP contribution in [0.2, 0.25) is 0 Å². The molecular formula is C14H25N3O2. The van der Waals surface area contributed by atoms with E-state index in [0.717, 1.165) is 19.1 Å². The van der Waals surface area contributed by atoms with Gasteiger partial charge in [-0.25, -0.2) is 4.98 Å². The summed E-state index contributed by atoms with van der Waals surface area (Å²) in [6.45, 7) is 4.35. The molecule has 2 rings (SSSR count). The maximum Gasteiger partial charge on any atom is 0.203 e. The van der Waals surface area contributed by atoms with E-state index in [9.17, 15) is 0 Å². The standard InChI is InChI=1S/C14H25N3O2/c1-12(11-18-2)17-9-7-15-14(17)16-8-10-19-13-5-3-4-6-13/h7,9,12-13H,3-6,8,10-11H2,1-2H3,(H,15,16). The van der Waals surface area contributed by atoms with Crippen molar-refractivity contribution in [2.45, 2.75) is 44.8 Å². The highest BCUT2D eigenvalue weighted by Crippen LogP contribution is 2.20. The van der Waals surface area contributed by atoms with Gasteiger partial charge >= 0.3 is 0 Å². The maximum absolute atomic E-state index is 5.82. The van der Waals surface area contributed by atoms with Gasteiger partial charge in [0.25, 0.3) is 0 Å². The van der Waals surface area contributed by atoms with E-state index in [1.807, 2.05) is 12.4 Å². The Balaban J connectivity index is 1.71. The quantitative estimate of drug-likeness (QED) is 0.735. The topological polar surface area (TPSA) is 48.3 Å². The number of nitrogens with zero attached hydrogens (tertiary/aromatic N) is 2. The van der Waals surface area contributed by atoms with Gasteiger partial charge in [0.15, 0.2) is 0 Å².